The lowest BCUT2D eigenvalue weighted by molar-refractivity contribution is -0.144. The van der Waals surface area contributed by atoms with Gasteiger partial charge in [0.05, 0.1) is 27.2 Å². The number of hydrogen-bond acceptors (Lipinski definition) is 6. The highest BCUT2D eigenvalue weighted by Crippen LogP contribution is 2.40. The number of rotatable bonds is 9. The first-order valence-electron chi connectivity index (χ1n) is 10.9. The lowest BCUT2D eigenvalue weighted by Gasteiger charge is -2.37. The Hall–Kier alpha value is -2.97. The van der Waals surface area contributed by atoms with Gasteiger partial charge in [-0.05, 0) is 49.8 Å². The standard InChI is InChI=1S/C23H35N3O6/c1-13(2)19(21(24)27)25-22(28)16-9-7-8-10-26(16)23(29)14(3)15-11-17(30-4)20(32-6)18(12-15)31-5/h11-14,16,19H,7-10H2,1-6H3,(H2,24,27)(H,25,28)/t14-,16-,19+/m0/s1. The Bertz CT molecular complexity index is 816. The largest absolute Gasteiger partial charge is 0.493 e. The van der Waals surface area contributed by atoms with Gasteiger partial charge in [0.15, 0.2) is 11.5 Å². The third kappa shape index (κ3) is 5.44. The normalized spacial score (nSPS) is 18.0. The van der Waals surface area contributed by atoms with E-state index in [4.69, 9.17) is 19.9 Å². The SMILES string of the molecule is COc1cc([C@H](C)C(=O)N2CCCC[C@H]2C(=O)N[C@@H](C(N)=O)C(C)C)cc(OC)c1OC. The summed E-state index contributed by atoms with van der Waals surface area (Å²) in [5.41, 5.74) is 6.13. The molecule has 0 unspecified atom stereocenters. The number of hydrogen-bond donors (Lipinski definition) is 2. The average Bonchev–Trinajstić information content (AvgIpc) is 2.79. The zero-order valence-corrected chi connectivity index (χ0v) is 19.8. The molecule has 3 N–H and O–H groups in total. The van der Waals surface area contributed by atoms with Crippen molar-refractivity contribution in [3.8, 4) is 17.2 Å². The molecule has 1 aliphatic rings. The van der Waals surface area contributed by atoms with Gasteiger partial charge in [0.1, 0.15) is 12.1 Å². The molecule has 0 saturated carbocycles. The smallest absolute Gasteiger partial charge is 0.243 e. The fourth-order valence-electron chi connectivity index (χ4n) is 4.03. The predicted molar refractivity (Wildman–Crippen MR) is 120 cm³/mol. The second-order valence-corrected chi connectivity index (χ2v) is 8.36. The summed E-state index contributed by atoms with van der Waals surface area (Å²) in [5, 5.41) is 2.74. The van der Waals surface area contributed by atoms with Crippen LogP contribution in [-0.4, -0.2) is 62.6 Å². The molecule has 9 nitrogen and oxygen atoms in total. The van der Waals surface area contributed by atoms with Crippen molar-refractivity contribution >= 4 is 17.7 Å². The van der Waals surface area contributed by atoms with Gasteiger partial charge in [-0.2, -0.15) is 0 Å². The molecule has 1 fully saturated rings. The van der Waals surface area contributed by atoms with Gasteiger partial charge in [0.25, 0.3) is 0 Å². The Morgan fingerprint density at radius 1 is 1.03 bits per heavy atom. The topological polar surface area (TPSA) is 120 Å². The molecule has 178 valence electrons. The Kier molecular flexibility index (Phi) is 8.74. The van der Waals surface area contributed by atoms with Gasteiger partial charge >= 0.3 is 0 Å². The number of amides is 3. The molecular formula is C23H35N3O6. The lowest BCUT2D eigenvalue weighted by Crippen LogP contribution is -2.57. The third-order valence-corrected chi connectivity index (χ3v) is 5.92. The summed E-state index contributed by atoms with van der Waals surface area (Å²) in [6.07, 6.45) is 2.16. The van der Waals surface area contributed by atoms with E-state index in [1.807, 2.05) is 13.8 Å². The first kappa shape index (κ1) is 25.3. The first-order valence-corrected chi connectivity index (χ1v) is 10.9. The highest BCUT2D eigenvalue weighted by molar-refractivity contribution is 5.93. The molecule has 1 aromatic rings. The predicted octanol–water partition coefficient (Wildman–Crippen LogP) is 1.82. The number of ether oxygens (including phenoxy) is 3. The maximum Gasteiger partial charge on any atom is 0.243 e. The molecule has 0 radical (unpaired) electrons. The zero-order chi connectivity index (χ0) is 24.0. The molecule has 9 heteroatoms. The molecule has 0 bridgehead atoms. The Balaban J connectivity index is 2.29. The van der Waals surface area contributed by atoms with Crippen molar-refractivity contribution in [3.05, 3.63) is 17.7 Å². The minimum Gasteiger partial charge on any atom is -0.493 e. The summed E-state index contributed by atoms with van der Waals surface area (Å²) in [7, 11) is 4.55. The van der Waals surface area contributed by atoms with Gasteiger partial charge < -0.3 is 30.2 Å². The van der Waals surface area contributed by atoms with Crippen LogP contribution in [0.15, 0.2) is 12.1 Å². The number of carbonyl (C=O) groups is 3. The van der Waals surface area contributed by atoms with E-state index in [9.17, 15) is 14.4 Å². The van der Waals surface area contributed by atoms with E-state index in [0.717, 1.165) is 12.8 Å². The molecule has 3 amide bonds. The van der Waals surface area contributed by atoms with Crippen LogP contribution in [0, 0.1) is 5.92 Å². The van der Waals surface area contributed by atoms with Crippen molar-refractivity contribution in [2.45, 2.75) is 58.0 Å². The lowest BCUT2D eigenvalue weighted by atomic mass is 9.94. The van der Waals surface area contributed by atoms with Gasteiger partial charge in [0, 0.05) is 6.54 Å². The molecule has 2 rings (SSSR count). The average molecular weight is 450 g/mol. The summed E-state index contributed by atoms with van der Waals surface area (Å²) in [6, 6.07) is 2.05. The van der Waals surface area contributed by atoms with Crippen molar-refractivity contribution < 1.29 is 28.6 Å². The number of benzene rings is 1. The number of carbonyl (C=O) groups excluding carboxylic acids is 3. The van der Waals surface area contributed by atoms with Crippen molar-refractivity contribution in [3.63, 3.8) is 0 Å². The second-order valence-electron chi connectivity index (χ2n) is 8.36. The minimum atomic E-state index is -0.783. The fraction of sp³-hybridized carbons (Fsp3) is 0.609. The number of nitrogens with one attached hydrogen (secondary N) is 1. The molecule has 3 atom stereocenters. The van der Waals surface area contributed by atoms with Gasteiger partial charge in [-0.15, -0.1) is 0 Å². The zero-order valence-electron chi connectivity index (χ0n) is 19.8. The minimum absolute atomic E-state index is 0.151. The molecule has 1 saturated heterocycles. The molecule has 0 aromatic heterocycles. The highest BCUT2D eigenvalue weighted by Gasteiger charge is 2.36. The van der Waals surface area contributed by atoms with Crippen molar-refractivity contribution in [1.29, 1.82) is 0 Å². The van der Waals surface area contributed by atoms with Crippen LogP contribution in [0.4, 0.5) is 0 Å². The summed E-state index contributed by atoms with van der Waals surface area (Å²) < 4.78 is 16.2. The van der Waals surface area contributed by atoms with Gasteiger partial charge in [0.2, 0.25) is 23.5 Å². The Morgan fingerprint density at radius 2 is 1.62 bits per heavy atom. The van der Waals surface area contributed by atoms with Crippen LogP contribution in [0.5, 0.6) is 17.2 Å². The van der Waals surface area contributed by atoms with Crippen LogP contribution < -0.4 is 25.3 Å². The molecule has 1 aliphatic heterocycles. The number of piperidine rings is 1. The summed E-state index contributed by atoms with van der Waals surface area (Å²) in [6.45, 7) is 5.87. The van der Waals surface area contributed by atoms with Crippen molar-refractivity contribution in [2.75, 3.05) is 27.9 Å². The number of nitrogens with zero attached hydrogens (tertiary/aromatic N) is 1. The van der Waals surface area contributed by atoms with Crippen LogP contribution in [0.25, 0.3) is 0 Å². The first-order chi connectivity index (χ1) is 15.2. The molecule has 0 aliphatic carbocycles. The van der Waals surface area contributed by atoms with Crippen LogP contribution in [-0.2, 0) is 14.4 Å². The van der Waals surface area contributed by atoms with E-state index in [0.29, 0.717) is 35.8 Å². The van der Waals surface area contributed by atoms with E-state index in [1.165, 1.54) is 21.3 Å². The number of methoxy groups -OCH3 is 3. The Morgan fingerprint density at radius 3 is 2.09 bits per heavy atom. The summed E-state index contributed by atoms with van der Waals surface area (Å²) >= 11 is 0. The van der Waals surface area contributed by atoms with Crippen LogP contribution in [0.2, 0.25) is 0 Å². The molecule has 0 spiro atoms. The molecular weight excluding hydrogens is 414 g/mol. The van der Waals surface area contributed by atoms with Crippen LogP contribution in [0.3, 0.4) is 0 Å². The van der Waals surface area contributed by atoms with Gasteiger partial charge in [-0.25, -0.2) is 0 Å². The maximum atomic E-state index is 13.5. The monoisotopic (exact) mass is 449 g/mol. The van der Waals surface area contributed by atoms with Gasteiger partial charge in [-0.1, -0.05) is 13.8 Å². The second kappa shape index (κ2) is 11.1. The third-order valence-electron chi connectivity index (χ3n) is 5.92. The maximum absolute atomic E-state index is 13.5. The van der Waals surface area contributed by atoms with Crippen molar-refractivity contribution in [1.82, 2.24) is 10.2 Å². The number of likely N-dealkylation sites (tertiary alicyclic amines) is 1. The quantitative estimate of drug-likeness (QED) is 0.593. The molecule has 32 heavy (non-hydrogen) atoms. The van der Waals surface area contributed by atoms with E-state index >= 15 is 0 Å². The van der Waals surface area contributed by atoms with E-state index in [-0.39, 0.29) is 17.7 Å². The van der Waals surface area contributed by atoms with E-state index in [1.54, 1.807) is 24.0 Å². The Labute approximate surface area is 189 Å². The highest BCUT2D eigenvalue weighted by atomic mass is 16.5. The molecule has 1 aromatic carbocycles. The number of primary amides is 1. The number of nitrogens with two attached hydrogens (primary N) is 1. The van der Waals surface area contributed by atoms with E-state index < -0.39 is 23.9 Å². The molecule has 1 heterocycles. The van der Waals surface area contributed by atoms with Gasteiger partial charge in [-0.3, -0.25) is 14.4 Å². The fourth-order valence-corrected chi connectivity index (χ4v) is 4.03. The summed E-state index contributed by atoms with van der Waals surface area (Å²) in [4.78, 5) is 39.8. The van der Waals surface area contributed by atoms with Crippen molar-refractivity contribution in [2.24, 2.45) is 11.7 Å². The summed E-state index contributed by atoms with van der Waals surface area (Å²) in [5.74, 6) is -0.470. The van der Waals surface area contributed by atoms with Crippen LogP contribution >= 0.6 is 0 Å². The van der Waals surface area contributed by atoms with E-state index in [2.05, 4.69) is 5.32 Å². The van der Waals surface area contributed by atoms with Crippen LogP contribution in [0.1, 0.15) is 51.5 Å².